The van der Waals surface area contributed by atoms with Crippen molar-refractivity contribution in [3.8, 4) is 17.4 Å². The fourth-order valence-corrected chi connectivity index (χ4v) is 1.82. The molecular formula is C13H15NO3. The first-order valence-corrected chi connectivity index (χ1v) is 5.27. The number of methoxy groups -OCH3 is 3. The summed E-state index contributed by atoms with van der Waals surface area (Å²) in [6.45, 7) is 1.94. The molecule has 1 aromatic heterocycles. The number of hydrogen-bond donors (Lipinski definition) is 0. The van der Waals surface area contributed by atoms with Gasteiger partial charge in [-0.05, 0) is 24.4 Å². The molecule has 0 spiro atoms. The molecule has 0 unspecified atom stereocenters. The van der Waals surface area contributed by atoms with E-state index in [1.165, 1.54) is 0 Å². The summed E-state index contributed by atoms with van der Waals surface area (Å²) in [6.07, 6.45) is 0. The molecule has 2 rings (SSSR count). The summed E-state index contributed by atoms with van der Waals surface area (Å²) in [4.78, 5) is 4.33. The molecular weight excluding hydrogens is 218 g/mol. The second-order valence-electron chi connectivity index (χ2n) is 3.68. The van der Waals surface area contributed by atoms with Crippen molar-refractivity contribution in [2.75, 3.05) is 21.3 Å². The number of hydrogen-bond acceptors (Lipinski definition) is 4. The number of ether oxygens (including phenoxy) is 3. The number of aromatic nitrogens is 1. The molecule has 2 aromatic rings. The monoisotopic (exact) mass is 233 g/mol. The summed E-state index contributed by atoms with van der Waals surface area (Å²) >= 11 is 0. The van der Waals surface area contributed by atoms with Crippen molar-refractivity contribution < 1.29 is 14.2 Å². The van der Waals surface area contributed by atoms with Gasteiger partial charge in [0.15, 0.2) is 11.5 Å². The number of nitrogens with zero attached hydrogens (tertiary/aromatic N) is 1. The molecule has 0 saturated heterocycles. The largest absolute Gasteiger partial charge is 0.493 e. The Kier molecular flexibility index (Phi) is 3.04. The van der Waals surface area contributed by atoms with Gasteiger partial charge in [-0.2, -0.15) is 0 Å². The van der Waals surface area contributed by atoms with Crippen molar-refractivity contribution in [3.05, 3.63) is 23.9 Å². The molecule has 0 N–H and O–H groups in total. The van der Waals surface area contributed by atoms with Crippen LogP contribution in [0, 0.1) is 6.92 Å². The van der Waals surface area contributed by atoms with Gasteiger partial charge in [0.1, 0.15) is 0 Å². The highest BCUT2D eigenvalue weighted by molar-refractivity contribution is 5.88. The summed E-state index contributed by atoms with van der Waals surface area (Å²) in [5.41, 5.74) is 0.903. The number of benzene rings is 1. The SMILES string of the molecule is COc1cc2cc(OC)c(OC)cc2c(C)n1. The molecule has 0 aliphatic carbocycles. The fourth-order valence-electron chi connectivity index (χ4n) is 1.82. The molecule has 4 heteroatoms. The van der Waals surface area contributed by atoms with E-state index in [-0.39, 0.29) is 0 Å². The maximum atomic E-state index is 5.27. The Hall–Kier alpha value is -1.97. The summed E-state index contributed by atoms with van der Waals surface area (Å²) in [7, 11) is 4.85. The molecule has 0 bridgehead atoms. The average Bonchev–Trinajstić information content (AvgIpc) is 2.36. The highest BCUT2D eigenvalue weighted by Crippen LogP contribution is 2.34. The van der Waals surface area contributed by atoms with E-state index in [2.05, 4.69) is 4.98 Å². The lowest BCUT2D eigenvalue weighted by Crippen LogP contribution is -1.94. The lowest BCUT2D eigenvalue weighted by atomic mass is 10.1. The molecule has 0 amide bonds. The quantitative estimate of drug-likeness (QED) is 0.817. The molecule has 0 aliphatic heterocycles. The van der Waals surface area contributed by atoms with Gasteiger partial charge >= 0.3 is 0 Å². The number of pyridine rings is 1. The van der Waals surface area contributed by atoms with Crippen LogP contribution in [0.1, 0.15) is 5.69 Å². The molecule has 17 heavy (non-hydrogen) atoms. The Morgan fingerprint density at radius 1 is 0.882 bits per heavy atom. The summed E-state index contributed by atoms with van der Waals surface area (Å²) < 4.78 is 15.7. The van der Waals surface area contributed by atoms with Crippen molar-refractivity contribution in [2.45, 2.75) is 6.92 Å². The smallest absolute Gasteiger partial charge is 0.213 e. The van der Waals surface area contributed by atoms with E-state index in [0.717, 1.165) is 16.5 Å². The topological polar surface area (TPSA) is 40.6 Å². The van der Waals surface area contributed by atoms with Crippen molar-refractivity contribution in [1.82, 2.24) is 4.98 Å². The van der Waals surface area contributed by atoms with Crippen LogP contribution in [-0.2, 0) is 0 Å². The van der Waals surface area contributed by atoms with E-state index < -0.39 is 0 Å². The molecule has 90 valence electrons. The standard InChI is InChI=1S/C13H15NO3/c1-8-10-7-12(16-3)11(15-2)5-9(10)6-13(14-8)17-4/h5-7H,1-4H3. The highest BCUT2D eigenvalue weighted by Gasteiger charge is 2.09. The number of rotatable bonds is 3. The molecule has 0 atom stereocenters. The first kappa shape index (κ1) is 11.5. The maximum absolute atomic E-state index is 5.27. The van der Waals surface area contributed by atoms with Gasteiger partial charge in [-0.15, -0.1) is 0 Å². The molecule has 0 fully saturated rings. The van der Waals surface area contributed by atoms with Crippen molar-refractivity contribution in [1.29, 1.82) is 0 Å². The van der Waals surface area contributed by atoms with Crippen LogP contribution in [0.4, 0.5) is 0 Å². The van der Waals surface area contributed by atoms with Crippen molar-refractivity contribution in [2.24, 2.45) is 0 Å². The Bertz CT molecular complexity index is 552. The van der Waals surface area contributed by atoms with Crippen LogP contribution < -0.4 is 14.2 Å². The third kappa shape index (κ3) is 1.98. The number of aryl methyl sites for hydroxylation is 1. The predicted octanol–water partition coefficient (Wildman–Crippen LogP) is 2.57. The highest BCUT2D eigenvalue weighted by atomic mass is 16.5. The van der Waals surface area contributed by atoms with Crippen LogP contribution >= 0.6 is 0 Å². The van der Waals surface area contributed by atoms with E-state index >= 15 is 0 Å². The maximum Gasteiger partial charge on any atom is 0.213 e. The summed E-state index contributed by atoms with van der Waals surface area (Å²) in [6, 6.07) is 5.73. The van der Waals surface area contributed by atoms with E-state index in [9.17, 15) is 0 Å². The summed E-state index contributed by atoms with van der Waals surface area (Å²) in [5, 5.41) is 2.05. The van der Waals surface area contributed by atoms with Gasteiger partial charge in [-0.1, -0.05) is 0 Å². The second-order valence-corrected chi connectivity index (χ2v) is 3.68. The minimum atomic E-state index is 0.599. The Balaban J connectivity index is 2.73. The van der Waals surface area contributed by atoms with Crippen LogP contribution in [0.25, 0.3) is 10.8 Å². The van der Waals surface area contributed by atoms with Gasteiger partial charge < -0.3 is 14.2 Å². The zero-order valence-corrected chi connectivity index (χ0v) is 10.4. The van der Waals surface area contributed by atoms with Gasteiger partial charge in [0, 0.05) is 17.1 Å². The molecule has 0 aliphatic rings. The Labute approximate surface area is 100 Å². The molecule has 4 nitrogen and oxygen atoms in total. The van der Waals surface area contributed by atoms with Gasteiger partial charge in [0.05, 0.1) is 21.3 Å². The molecule has 0 radical (unpaired) electrons. The normalized spacial score (nSPS) is 10.4. The zero-order valence-electron chi connectivity index (χ0n) is 10.4. The van der Waals surface area contributed by atoms with Gasteiger partial charge in [0.25, 0.3) is 0 Å². The van der Waals surface area contributed by atoms with Crippen molar-refractivity contribution >= 4 is 10.8 Å². The van der Waals surface area contributed by atoms with Crippen LogP contribution in [0.2, 0.25) is 0 Å². The van der Waals surface area contributed by atoms with Crippen LogP contribution in [0.5, 0.6) is 17.4 Å². The van der Waals surface area contributed by atoms with Gasteiger partial charge in [-0.25, -0.2) is 4.98 Å². The minimum Gasteiger partial charge on any atom is -0.493 e. The second kappa shape index (κ2) is 4.49. The van der Waals surface area contributed by atoms with E-state index in [1.54, 1.807) is 21.3 Å². The molecule has 0 saturated carbocycles. The number of fused-ring (bicyclic) bond motifs is 1. The fraction of sp³-hybridized carbons (Fsp3) is 0.308. The van der Waals surface area contributed by atoms with E-state index in [1.807, 2.05) is 25.1 Å². The van der Waals surface area contributed by atoms with E-state index in [0.29, 0.717) is 17.4 Å². The van der Waals surface area contributed by atoms with Gasteiger partial charge in [-0.3, -0.25) is 0 Å². The van der Waals surface area contributed by atoms with Crippen molar-refractivity contribution in [3.63, 3.8) is 0 Å². The van der Waals surface area contributed by atoms with Crippen LogP contribution in [0.3, 0.4) is 0 Å². The third-order valence-corrected chi connectivity index (χ3v) is 2.71. The average molecular weight is 233 g/mol. The molecule has 1 heterocycles. The van der Waals surface area contributed by atoms with Crippen LogP contribution in [0.15, 0.2) is 18.2 Å². The lowest BCUT2D eigenvalue weighted by molar-refractivity contribution is 0.355. The summed E-state index contributed by atoms with van der Waals surface area (Å²) in [5.74, 6) is 2.00. The first-order valence-electron chi connectivity index (χ1n) is 5.27. The Morgan fingerprint density at radius 2 is 1.53 bits per heavy atom. The lowest BCUT2D eigenvalue weighted by Gasteiger charge is -2.11. The first-order chi connectivity index (χ1) is 8.19. The minimum absolute atomic E-state index is 0.599. The Morgan fingerprint density at radius 3 is 2.12 bits per heavy atom. The van der Waals surface area contributed by atoms with Gasteiger partial charge in [0.2, 0.25) is 5.88 Å². The van der Waals surface area contributed by atoms with Crippen LogP contribution in [-0.4, -0.2) is 26.3 Å². The van der Waals surface area contributed by atoms with E-state index in [4.69, 9.17) is 14.2 Å². The zero-order chi connectivity index (χ0) is 12.4. The molecule has 1 aromatic carbocycles. The predicted molar refractivity (Wildman–Crippen MR) is 66.1 cm³/mol. The third-order valence-electron chi connectivity index (χ3n) is 2.71.